The molecule has 0 aliphatic carbocycles. The van der Waals surface area contributed by atoms with Gasteiger partial charge in [0.25, 0.3) is 5.91 Å². The fraction of sp³-hybridized carbons (Fsp3) is 0.500. The summed E-state index contributed by atoms with van der Waals surface area (Å²) in [6.45, 7) is 1.94. The minimum atomic E-state index is -1.85. The summed E-state index contributed by atoms with van der Waals surface area (Å²) in [5.41, 5.74) is 31.4. The van der Waals surface area contributed by atoms with E-state index in [0.29, 0.717) is 87.6 Å². The Balaban J connectivity index is 1.38. The number of nitrogens with two attached hydrogens (primary N) is 5. The molecule has 5 heterocycles. The molecule has 0 spiro atoms. The third kappa shape index (κ3) is 25.1. The van der Waals surface area contributed by atoms with Gasteiger partial charge < -0.3 is 102 Å². The summed E-state index contributed by atoms with van der Waals surface area (Å²) in [6, 6.07) is -0.467. The maximum Gasteiger partial charge on any atom is 0.324 e. The Bertz CT molecular complexity index is 3690. The first-order chi connectivity index (χ1) is 49.5. The van der Waals surface area contributed by atoms with Crippen molar-refractivity contribution in [3.8, 4) is 0 Å². The highest BCUT2D eigenvalue weighted by Gasteiger charge is 2.39. The van der Waals surface area contributed by atoms with Crippen molar-refractivity contribution in [1.29, 1.82) is 0 Å². The van der Waals surface area contributed by atoms with Gasteiger partial charge in [0.1, 0.15) is 60.4 Å². The van der Waals surface area contributed by atoms with Gasteiger partial charge in [0.15, 0.2) is 11.3 Å². The first-order valence-corrected chi connectivity index (χ1v) is 36.5. The molecule has 37 heteroatoms. The number of guanidine groups is 1. The number of aromatic amines is 3. The van der Waals surface area contributed by atoms with Crippen LogP contribution in [-0.2, 0) is 78.4 Å². The fourth-order valence-corrected chi connectivity index (χ4v) is 13.7. The standard InChI is InChI=1S/C66H95N23O12S2/c1-37-53(90)79-44(19-8-11-23-67)54(91)80-45(20-9-12-24-68)55(92)81-46(21-10-13-25-69)56(93)82-47(22-14-26-74-65(70)71)57(94)88-63-64(100)89(2)66(101)87-51(30-41-33-73-36-77-41)61(98)83-48(27-38-15-4-3-5-16-38)58(95)85-50(29-40-32-72-35-76-40)60(97)84-49(28-39-31-75-43-18-7-6-17-42(39)43)59(96)86-52(34-102-103-63)62(99)78-37/h3-7,15-18,31-33,35-37,44-52,63,75H,8-14,19-30,34,67-69H2,1-2H3,(H,72,76)(H,73,77)(H,78,99)(H,79,90)(H,80,91)(H,81,92)(H,82,93)(H,83,98)(H,84,97)(H,85,95)(H,86,96)(H,87,101)(H,88,94)(H4,70,71,74)/t37-,44-,45-,46-,47-,48+,49-,50-,51-,52-,63-/m0/s1. The number of likely N-dealkylation sites (N-methyl/N-ethyl adjacent to an activating group) is 1. The van der Waals surface area contributed by atoms with Crippen LogP contribution in [-0.4, -0.2) is 212 Å². The number of para-hydroxylation sites is 1. The molecule has 24 N–H and O–H groups in total. The van der Waals surface area contributed by atoms with Gasteiger partial charge in [-0.25, -0.2) is 14.8 Å². The summed E-state index contributed by atoms with van der Waals surface area (Å²) in [5, 5.41) is 28.6. The van der Waals surface area contributed by atoms with Crippen molar-refractivity contribution < 1.29 is 57.5 Å². The number of imide groups is 1. The maximum atomic E-state index is 15.4. The molecular weight excluding hydrogens is 1370 g/mol. The van der Waals surface area contributed by atoms with Gasteiger partial charge in [-0.1, -0.05) is 70.1 Å². The Morgan fingerprint density at radius 2 is 0.932 bits per heavy atom. The van der Waals surface area contributed by atoms with Crippen LogP contribution in [0, 0.1) is 0 Å². The van der Waals surface area contributed by atoms with Gasteiger partial charge in [-0.3, -0.25) is 62.6 Å². The van der Waals surface area contributed by atoms with Crippen molar-refractivity contribution in [2.75, 3.05) is 39.0 Å². The second-order valence-corrected chi connectivity index (χ2v) is 27.5. The van der Waals surface area contributed by atoms with Crippen LogP contribution in [0.2, 0.25) is 0 Å². The monoisotopic (exact) mass is 1470 g/mol. The van der Waals surface area contributed by atoms with Gasteiger partial charge in [-0.05, 0) is 114 Å². The number of nitrogens with one attached hydrogen (secondary N) is 14. The van der Waals surface area contributed by atoms with E-state index < -0.39 is 143 Å². The molecule has 7 rings (SSSR count). The van der Waals surface area contributed by atoms with E-state index in [0.717, 1.165) is 17.8 Å². The number of carbonyl (C=O) groups is 12. The lowest BCUT2D eigenvalue weighted by Crippen LogP contribution is -2.61. The third-order valence-corrected chi connectivity index (χ3v) is 19.6. The Kier molecular flexibility index (Phi) is 32.0. The minimum Gasteiger partial charge on any atom is -0.370 e. The van der Waals surface area contributed by atoms with Crippen molar-refractivity contribution in [1.82, 2.24) is 88.3 Å². The number of urea groups is 1. The second kappa shape index (κ2) is 41.1. The van der Waals surface area contributed by atoms with Crippen LogP contribution in [0.4, 0.5) is 4.79 Å². The number of hydrogen-bond donors (Lipinski definition) is 19. The molecule has 35 nitrogen and oxygen atoms in total. The largest absolute Gasteiger partial charge is 0.370 e. The molecule has 103 heavy (non-hydrogen) atoms. The van der Waals surface area contributed by atoms with Gasteiger partial charge in [0.2, 0.25) is 59.1 Å². The Morgan fingerprint density at radius 3 is 1.45 bits per heavy atom. The summed E-state index contributed by atoms with van der Waals surface area (Å²) in [7, 11) is 2.38. The van der Waals surface area contributed by atoms with Gasteiger partial charge in [-0.2, -0.15) is 0 Å². The number of H-pyrrole nitrogens is 3. The second-order valence-electron chi connectivity index (χ2n) is 25.0. The molecule has 3 aromatic heterocycles. The van der Waals surface area contributed by atoms with Crippen LogP contribution in [0.3, 0.4) is 0 Å². The molecule has 2 bridgehead atoms. The van der Waals surface area contributed by atoms with E-state index in [1.807, 2.05) is 0 Å². The molecule has 0 saturated carbocycles. The molecule has 13 amide bonds. The fourth-order valence-electron chi connectivity index (χ4n) is 11.3. The zero-order valence-electron chi connectivity index (χ0n) is 57.5. The maximum absolute atomic E-state index is 15.4. The normalized spacial score (nSPS) is 23.9. The predicted molar refractivity (Wildman–Crippen MR) is 385 cm³/mol. The molecular formula is C66H95N23O12S2. The lowest BCUT2D eigenvalue weighted by atomic mass is 10.0. The van der Waals surface area contributed by atoms with Crippen LogP contribution in [0.1, 0.15) is 100 Å². The molecule has 2 aliphatic heterocycles. The number of fused-ring (bicyclic) bond motifs is 5. The summed E-state index contributed by atoms with van der Waals surface area (Å²) in [6.07, 6.45) is 8.21. The lowest BCUT2D eigenvalue weighted by Gasteiger charge is -2.29. The van der Waals surface area contributed by atoms with E-state index in [1.54, 1.807) is 60.8 Å². The van der Waals surface area contributed by atoms with Gasteiger partial charge in [-0.15, -0.1) is 0 Å². The number of rotatable bonds is 24. The van der Waals surface area contributed by atoms with Gasteiger partial charge in [0.05, 0.1) is 12.7 Å². The number of aromatic nitrogens is 5. The number of benzene rings is 2. The molecule has 0 radical (unpaired) electrons. The highest BCUT2D eigenvalue weighted by atomic mass is 33.1. The Morgan fingerprint density at radius 1 is 0.485 bits per heavy atom. The molecule has 2 fully saturated rings. The highest BCUT2D eigenvalue weighted by Crippen LogP contribution is 2.29. The van der Waals surface area contributed by atoms with Crippen molar-refractivity contribution in [2.24, 2.45) is 33.7 Å². The predicted octanol–water partition coefficient (Wildman–Crippen LogP) is -2.90. The molecule has 0 unspecified atom stereocenters. The molecule has 558 valence electrons. The van der Waals surface area contributed by atoms with Crippen LogP contribution in [0.25, 0.3) is 10.9 Å². The number of amides is 13. The number of aliphatic imine (C=N–C) groups is 1. The van der Waals surface area contributed by atoms with Crippen LogP contribution in [0.5, 0.6) is 0 Å². The Labute approximate surface area is 602 Å². The van der Waals surface area contributed by atoms with Crippen LogP contribution < -0.4 is 87.2 Å². The summed E-state index contributed by atoms with van der Waals surface area (Å²) >= 11 is 0. The average Bonchev–Trinajstić information content (AvgIpc) is 1.76. The minimum absolute atomic E-state index is 0.0115. The SMILES string of the molecule is C[C@@H]1NC(=O)[C@@H]2CSS[C@H](NC(=O)[C@H](CCCN=C(N)N)NC(=O)[C@H](CCCCN)NC(=O)[C@H](CCCCN)NC(=O)[C@H](CCCCN)NC1=O)C(=O)N(C)C(=O)N[C@@H](Cc1cnc[nH]1)C(=O)N[C@H](Cc1ccccc1)C(=O)N[C@@H](Cc1cnc[nH]1)C(=O)N[C@@H](Cc1c[nH]c3ccccc13)C(=O)N2. The number of nitrogens with zero attached hydrogens (tertiary/aromatic N) is 4. The average molecular weight is 1470 g/mol. The third-order valence-electron chi connectivity index (χ3n) is 17.1. The van der Waals surface area contributed by atoms with Crippen molar-refractivity contribution >= 4 is 109 Å². The number of hydrogen-bond acceptors (Lipinski definition) is 20. The quantitative estimate of drug-likeness (QED) is 0.0127. The topological polar surface area (TPSA) is 556 Å². The zero-order valence-corrected chi connectivity index (χ0v) is 59.1. The first-order valence-electron chi connectivity index (χ1n) is 34.1. The molecule has 2 saturated heterocycles. The molecule has 2 aliphatic rings. The molecule has 2 aromatic carbocycles. The number of imidazole rings is 2. The smallest absolute Gasteiger partial charge is 0.324 e. The Hall–Kier alpha value is -10.1. The number of unbranched alkanes of at least 4 members (excludes halogenated alkanes) is 3. The summed E-state index contributed by atoms with van der Waals surface area (Å²) < 4.78 is 0. The summed E-state index contributed by atoms with van der Waals surface area (Å²) in [4.78, 5) is 201. The first kappa shape index (κ1) is 80.2. The zero-order chi connectivity index (χ0) is 74.4. The molecule has 5 aromatic rings. The van der Waals surface area contributed by atoms with Crippen LogP contribution >= 0.6 is 21.6 Å². The van der Waals surface area contributed by atoms with Crippen molar-refractivity contribution in [2.45, 2.75) is 169 Å². The van der Waals surface area contributed by atoms with Crippen molar-refractivity contribution in [3.05, 3.63) is 108 Å². The van der Waals surface area contributed by atoms with Gasteiger partial charge in [0, 0.05) is 85.9 Å². The van der Waals surface area contributed by atoms with E-state index in [1.165, 1.54) is 32.0 Å². The van der Waals surface area contributed by atoms with Crippen molar-refractivity contribution in [3.63, 3.8) is 0 Å². The van der Waals surface area contributed by atoms with Gasteiger partial charge >= 0.3 is 6.03 Å². The van der Waals surface area contributed by atoms with E-state index in [2.05, 4.69) is 88.4 Å². The highest BCUT2D eigenvalue weighted by molar-refractivity contribution is 8.77. The van der Waals surface area contributed by atoms with Crippen LogP contribution in [0.15, 0.2) is 90.8 Å². The van der Waals surface area contributed by atoms with E-state index in [9.17, 15) is 28.8 Å². The van der Waals surface area contributed by atoms with E-state index in [-0.39, 0.29) is 89.9 Å². The van der Waals surface area contributed by atoms with E-state index >= 15 is 28.8 Å². The summed E-state index contributed by atoms with van der Waals surface area (Å²) in [5.74, 6) is -11.0. The lowest BCUT2D eigenvalue weighted by molar-refractivity contribution is -0.136. The number of carbonyl (C=O) groups excluding carboxylic acids is 12. The van der Waals surface area contributed by atoms with E-state index in [4.69, 9.17) is 28.7 Å². The molecule has 11 atom stereocenters.